The van der Waals surface area contributed by atoms with Crippen molar-refractivity contribution in [2.24, 2.45) is 5.73 Å². The van der Waals surface area contributed by atoms with E-state index in [1.807, 2.05) is 0 Å². The molecule has 0 bridgehead atoms. The molecule has 1 heterocycles. The Morgan fingerprint density at radius 2 is 2.58 bits per heavy atom. The summed E-state index contributed by atoms with van der Waals surface area (Å²) in [7, 11) is 0. The van der Waals surface area contributed by atoms with Crippen LogP contribution in [0.25, 0.3) is 6.08 Å². The third-order valence-electron chi connectivity index (χ3n) is 1.21. The Hall–Kier alpha value is -1.69. The summed E-state index contributed by atoms with van der Waals surface area (Å²) < 4.78 is 0. The zero-order chi connectivity index (χ0) is 8.97. The smallest absolute Gasteiger partial charge is 0.343 e. The Morgan fingerprint density at radius 1 is 1.83 bits per heavy atom. The maximum absolute atomic E-state index is 10.2. The average Bonchev–Trinajstić information content (AvgIpc) is 2.48. The van der Waals surface area contributed by atoms with Gasteiger partial charge in [-0.2, -0.15) is 0 Å². The Balaban J connectivity index is 2.77. The molecule has 0 saturated heterocycles. The molecule has 0 unspecified atom stereocenters. The van der Waals surface area contributed by atoms with Gasteiger partial charge < -0.3 is 15.8 Å². The van der Waals surface area contributed by atoms with Crippen LogP contribution in [-0.4, -0.2) is 21.7 Å². The second-order valence-electron chi connectivity index (χ2n) is 2.07. The van der Waals surface area contributed by atoms with Gasteiger partial charge in [-0.1, -0.05) is 11.2 Å². The van der Waals surface area contributed by atoms with Crippen molar-refractivity contribution in [1.82, 2.24) is 10.2 Å². The zero-order valence-corrected chi connectivity index (χ0v) is 6.23. The van der Waals surface area contributed by atoms with Gasteiger partial charge in [0.05, 0.1) is 6.07 Å². The van der Waals surface area contributed by atoms with Crippen LogP contribution in [0.15, 0.2) is 12.1 Å². The van der Waals surface area contributed by atoms with Gasteiger partial charge in [-0.15, -0.1) is 5.10 Å². The lowest BCUT2D eigenvalue weighted by Gasteiger charge is -1.83. The summed E-state index contributed by atoms with van der Waals surface area (Å²) in [6.07, 6.45) is 3.28. The summed E-state index contributed by atoms with van der Waals surface area (Å²) in [6.45, 7) is 0.390. The molecule has 6 nitrogen and oxygen atoms in total. The fraction of sp³-hybridized carbons (Fsp3) is 0.167. The van der Waals surface area contributed by atoms with E-state index >= 15 is 0 Å². The van der Waals surface area contributed by atoms with Gasteiger partial charge in [0.2, 0.25) is 0 Å². The Kier molecular flexibility index (Phi) is 2.54. The summed E-state index contributed by atoms with van der Waals surface area (Å²) >= 11 is 0. The van der Waals surface area contributed by atoms with Crippen molar-refractivity contribution in [3.8, 4) is 0 Å². The monoisotopic (exact) mass is 168 g/mol. The lowest BCUT2D eigenvalue weighted by atomic mass is 10.4. The molecular formula is C6H8N4O2. The normalized spacial score (nSPS) is 10.8. The van der Waals surface area contributed by atoms with Crippen LogP contribution in [0.2, 0.25) is 0 Å². The predicted molar refractivity (Wildman–Crippen MR) is 43.3 cm³/mol. The number of H-pyrrole nitrogens is 1. The van der Waals surface area contributed by atoms with Gasteiger partial charge in [-0.3, -0.25) is 0 Å². The first-order chi connectivity index (χ1) is 5.74. The minimum Gasteiger partial charge on any atom is -0.358 e. The molecule has 3 N–H and O–H groups in total. The maximum atomic E-state index is 10.2. The molecule has 0 saturated carbocycles. The van der Waals surface area contributed by atoms with E-state index in [2.05, 4.69) is 10.2 Å². The highest BCUT2D eigenvalue weighted by Crippen LogP contribution is 2.08. The summed E-state index contributed by atoms with van der Waals surface area (Å²) in [5, 5.41) is 16.1. The van der Waals surface area contributed by atoms with Gasteiger partial charge in [0, 0.05) is 6.54 Å². The molecule has 12 heavy (non-hydrogen) atoms. The molecule has 6 heteroatoms. The number of nitrogens with one attached hydrogen (secondary N) is 1. The summed E-state index contributed by atoms with van der Waals surface area (Å²) in [5.74, 6) is -0.119. The topological polar surface area (TPSA) is 97.8 Å². The Morgan fingerprint density at radius 3 is 3.08 bits per heavy atom. The van der Waals surface area contributed by atoms with Crippen LogP contribution in [0.1, 0.15) is 5.69 Å². The van der Waals surface area contributed by atoms with E-state index in [-0.39, 0.29) is 5.82 Å². The molecule has 1 aromatic rings. The first kappa shape index (κ1) is 8.41. The maximum Gasteiger partial charge on any atom is 0.343 e. The molecule has 1 aromatic heterocycles. The molecule has 0 amide bonds. The number of nitrogens with zero attached hydrogens (tertiary/aromatic N) is 2. The van der Waals surface area contributed by atoms with Gasteiger partial charge in [0.1, 0.15) is 5.69 Å². The third kappa shape index (κ3) is 1.89. The minimum absolute atomic E-state index is 0.119. The standard InChI is InChI=1S/C6H8N4O2/c7-3-1-2-5-4-6(9-8-5)10(11)12/h1-2,4H,3,7H2,(H,8,9)/b2-1+. The summed E-state index contributed by atoms with van der Waals surface area (Å²) in [4.78, 5) is 9.64. The number of hydrogen-bond acceptors (Lipinski definition) is 4. The van der Waals surface area contributed by atoms with Crippen molar-refractivity contribution < 1.29 is 4.92 Å². The van der Waals surface area contributed by atoms with E-state index in [1.54, 1.807) is 12.2 Å². The van der Waals surface area contributed by atoms with E-state index < -0.39 is 4.92 Å². The number of aromatic nitrogens is 2. The number of nitrogens with two attached hydrogens (primary N) is 1. The third-order valence-corrected chi connectivity index (χ3v) is 1.21. The predicted octanol–water partition coefficient (Wildman–Crippen LogP) is 0.290. The fourth-order valence-electron chi connectivity index (χ4n) is 0.694. The highest BCUT2D eigenvalue weighted by molar-refractivity contribution is 5.47. The number of hydrogen-bond donors (Lipinski definition) is 2. The van der Waals surface area contributed by atoms with Crippen molar-refractivity contribution in [2.45, 2.75) is 0 Å². The molecule has 0 aromatic carbocycles. The van der Waals surface area contributed by atoms with E-state index in [1.165, 1.54) is 6.07 Å². The number of nitro groups is 1. The van der Waals surface area contributed by atoms with Crippen LogP contribution in [0.4, 0.5) is 5.82 Å². The van der Waals surface area contributed by atoms with Crippen LogP contribution in [-0.2, 0) is 0 Å². The Bertz CT molecular complexity index is 304. The van der Waals surface area contributed by atoms with Crippen LogP contribution >= 0.6 is 0 Å². The highest BCUT2D eigenvalue weighted by Gasteiger charge is 2.06. The van der Waals surface area contributed by atoms with Crippen molar-refractivity contribution in [2.75, 3.05) is 6.54 Å². The van der Waals surface area contributed by atoms with Gasteiger partial charge >= 0.3 is 5.82 Å². The van der Waals surface area contributed by atoms with Crippen molar-refractivity contribution >= 4 is 11.9 Å². The molecule has 0 spiro atoms. The SMILES string of the molecule is NC/C=C/c1cc([N+](=O)[O-])[nH]n1. The minimum atomic E-state index is -0.535. The van der Waals surface area contributed by atoms with E-state index in [4.69, 9.17) is 5.73 Å². The first-order valence-corrected chi connectivity index (χ1v) is 3.30. The number of rotatable bonds is 3. The fourth-order valence-corrected chi connectivity index (χ4v) is 0.694. The molecule has 0 aliphatic rings. The van der Waals surface area contributed by atoms with Crippen LogP contribution < -0.4 is 5.73 Å². The van der Waals surface area contributed by atoms with Crippen molar-refractivity contribution in [3.63, 3.8) is 0 Å². The van der Waals surface area contributed by atoms with Crippen molar-refractivity contribution in [3.05, 3.63) is 28.0 Å². The average molecular weight is 168 g/mol. The van der Waals surface area contributed by atoms with E-state index in [0.29, 0.717) is 12.2 Å². The lowest BCUT2D eigenvalue weighted by molar-refractivity contribution is -0.389. The second kappa shape index (κ2) is 3.63. The van der Waals surface area contributed by atoms with Gasteiger partial charge in [0.15, 0.2) is 0 Å². The molecular weight excluding hydrogens is 160 g/mol. The first-order valence-electron chi connectivity index (χ1n) is 3.30. The van der Waals surface area contributed by atoms with Crippen LogP contribution in [0.5, 0.6) is 0 Å². The molecule has 0 radical (unpaired) electrons. The molecule has 0 atom stereocenters. The molecule has 0 fully saturated rings. The largest absolute Gasteiger partial charge is 0.358 e. The zero-order valence-electron chi connectivity index (χ0n) is 6.23. The van der Waals surface area contributed by atoms with Gasteiger partial charge in [0.25, 0.3) is 0 Å². The highest BCUT2D eigenvalue weighted by atomic mass is 16.6. The van der Waals surface area contributed by atoms with Crippen LogP contribution in [0, 0.1) is 10.1 Å². The van der Waals surface area contributed by atoms with E-state index in [0.717, 1.165) is 0 Å². The van der Waals surface area contributed by atoms with Crippen molar-refractivity contribution in [1.29, 1.82) is 0 Å². The molecule has 1 rings (SSSR count). The molecule has 64 valence electrons. The molecule has 0 aliphatic carbocycles. The Labute approximate surface area is 68.2 Å². The van der Waals surface area contributed by atoms with Gasteiger partial charge in [-0.05, 0) is 11.0 Å². The number of aromatic amines is 1. The summed E-state index contributed by atoms with van der Waals surface area (Å²) in [6, 6.07) is 1.34. The lowest BCUT2D eigenvalue weighted by Crippen LogP contribution is -1.91. The van der Waals surface area contributed by atoms with Crippen LogP contribution in [0.3, 0.4) is 0 Å². The van der Waals surface area contributed by atoms with Gasteiger partial charge in [-0.25, -0.2) is 0 Å². The summed E-state index contributed by atoms with van der Waals surface area (Å²) in [5.41, 5.74) is 5.69. The molecule has 0 aliphatic heterocycles. The van der Waals surface area contributed by atoms with E-state index in [9.17, 15) is 10.1 Å². The second-order valence-corrected chi connectivity index (χ2v) is 2.07. The quantitative estimate of drug-likeness (QED) is 0.500.